The maximum absolute atomic E-state index is 12.6. The van der Waals surface area contributed by atoms with Crippen LogP contribution in [0.1, 0.15) is 52.8 Å². The van der Waals surface area contributed by atoms with Gasteiger partial charge in [-0.25, -0.2) is 0 Å². The lowest BCUT2D eigenvalue weighted by atomic mass is 9.75. The van der Waals surface area contributed by atoms with Gasteiger partial charge in [-0.15, -0.1) is 0 Å². The van der Waals surface area contributed by atoms with Crippen molar-refractivity contribution in [3.63, 3.8) is 0 Å². The summed E-state index contributed by atoms with van der Waals surface area (Å²) in [5, 5.41) is 0. The van der Waals surface area contributed by atoms with Crippen molar-refractivity contribution in [2.75, 3.05) is 13.1 Å². The number of rotatable bonds is 2. The number of likely N-dealkylation sites (tertiary alicyclic amines) is 1. The number of nitrogens with zero attached hydrogens (tertiary/aromatic N) is 1. The van der Waals surface area contributed by atoms with Gasteiger partial charge in [0.1, 0.15) is 0 Å². The Labute approximate surface area is 125 Å². The van der Waals surface area contributed by atoms with Gasteiger partial charge in [-0.3, -0.25) is 9.59 Å². The number of amides is 2. The van der Waals surface area contributed by atoms with Gasteiger partial charge >= 0.3 is 0 Å². The molecule has 1 heterocycles. The first-order valence-electron chi connectivity index (χ1n) is 7.84. The minimum atomic E-state index is -0.490. The molecule has 1 saturated heterocycles. The highest BCUT2D eigenvalue weighted by Crippen LogP contribution is 2.36. The van der Waals surface area contributed by atoms with E-state index in [2.05, 4.69) is 0 Å². The largest absolute Gasteiger partial charge is 0.366 e. The fourth-order valence-electron chi connectivity index (χ4n) is 3.77. The van der Waals surface area contributed by atoms with Crippen LogP contribution in [-0.2, 0) is 0 Å². The number of carbonyl (C=O) groups excluding carboxylic acids is 2. The molecule has 2 fully saturated rings. The van der Waals surface area contributed by atoms with Gasteiger partial charge in [-0.05, 0) is 42.9 Å². The van der Waals surface area contributed by atoms with E-state index in [0.29, 0.717) is 17.0 Å². The van der Waals surface area contributed by atoms with E-state index >= 15 is 0 Å². The van der Waals surface area contributed by atoms with E-state index in [1.165, 1.54) is 25.7 Å². The van der Waals surface area contributed by atoms with E-state index in [1.54, 1.807) is 24.3 Å². The maximum Gasteiger partial charge on any atom is 0.253 e. The van der Waals surface area contributed by atoms with Gasteiger partial charge in [0, 0.05) is 24.2 Å². The van der Waals surface area contributed by atoms with Gasteiger partial charge in [0.25, 0.3) is 5.91 Å². The molecule has 0 radical (unpaired) electrons. The number of nitrogens with two attached hydrogens (primary N) is 1. The van der Waals surface area contributed by atoms with E-state index in [1.807, 2.05) is 4.90 Å². The lowest BCUT2D eigenvalue weighted by molar-refractivity contribution is 0.0521. The lowest BCUT2D eigenvalue weighted by Crippen LogP contribution is -2.44. The molecule has 0 bridgehead atoms. The van der Waals surface area contributed by atoms with E-state index in [4.69, 9.17) is 5.73 Å². The van der Waals surface area contributed by atoms with Gasteiger partial charge in [0.15, 0.2) is 0 Å². The number of fused-ring (bicyclic) bond motifs is 1. The summed E-state index contributed by atoms with van der Waals surface area (Å²) in [6, 6.07) is 6.74. The van der Waals surface area contributed by atoms with Crippen LogP contribution in [0.3, 0.4) is 0 Å². The van der Waals surface area contributed by atoms with Crippen molar-refractivity contribution in [3.8, 4) is 0 Å². The predicted octanol–water partition coefficient (Wildman–Crippen LogP) is 2.44. The fraction of sp³-hybridized carbons (Fsp3) is 0.529. The van der Waals surface area contributed by atoms with Crippen LogP contribution >= 0.6 is 0 Å². The third kappa shape index (κ3) is 2.94. The Kier molecular flexibility index (Phi) is 3.95. The topological polar surface area (TPSA) is 63.4 Å². The molecule has 2 N–H and O–H groups in total. The molecule has 2 unspecified atom stereocenters. The minimum absolute atomic E-state index is 0.0297. The first-order chi connectivity index (χ1) is 10.1. The number of primary amides is 1. The summed E-state index contributed by atoms with van der Waals surface area (Å²) in [6.07, 6.45) is 6.32. The molecule has 1 aliphatic carbocycles. The van der Waals surface area contributed by atoms with Crippen molar-refractivity contribution in [2.24, 2.45) is 17.6 Å². The van der Waals surface area contributed by atoms with Crippen molar-refractivity contribution < 1.29 is 9.59 Å². The van der Waals surface area contributed by atoms with Gasteiger partial charge < -0.3 is 10.6 Å². The maximum atomic E-state index is 12.6. The normalized spacial score (nSPS) is 25.2. The number of carbonyl (C=O) groups is 2. The van der Waals surface area contributed by atoms with Crippen molar-refractivity contribution in [3.05, 3.63) is 35.4 Å². The number of benzene rings is 1. The van der Waals surface area contributed by atoms with Gasteiger partial charge in [-0.1, -0.05) is 25.3 Å². The highest BCUT2D eigenvalue weighted by Gasteiger charge is 2.33. The summed E-state index contributed by atoms with van der Waals surface area (Å²) in [5.74, 6) is 1.01. The van der Waals surface area contributed by atoms with Crippen molar-refractivity contribution in [2.45, 2.75) is 32.1 Å². The summed E-state index contributed by atoms with van der Waals surface area (Å²) >= 11 is 0. The Hall–Kier alpha value is -1.84. The third-order valence-electron chi connectivity index (χ3n) is 4.97. The van der Waals surface area contributed by atoms with Crippen LogP contribution in [0.15, 0.2) is 24.3 Å². The molecule has 4 heteroatoms. The number of hydrogen-bond acceptors (Lipinski definition) is 2. The molecule has 0 spiro atoms. The Morgan fingerprint density at radius 1 is 1.05 bits per heavy atom. The molecule has 1 saturated carbocycles. The second-order valence-corrected chi connectivity index (χ2v) is 6.29. The standard InChI is InChI=1S/C17H22N2O2/c18-16(20)13-6-3-7-14(10-13)17(21)19-9-8-12-4-1-2-5-15(12)11-19/h3,6-7,10,12,15H,1-2,4-5,8-9,11H2,(H2,18,20). The van der Waals surface area contributed by atoms with Crippen LogP contribution in [0.4, 0.5) is 0 Å². The van der Waals surface area contributed by atoms with Crippen LogP contribution in [0.25, 0.3) is 0 Å². The molecule has 112 valence electrons. The molecular formula is C17H22N2O2. The summed E-state index contributed by atoms with van der Waals surface area (Å²) < 4.78 is 0. The number of piperidine rings is 1. The quantitative estimate of drug-likeness (QED) is 0.907. The van der Waals surface area contributed by atoms with Crippen LogP contribution in [0.2, 0.25) is 0 Å². The van der Waals surface area contributed by atoms with E-state index < -0.39 is 5.91 Å². The average Bonchev–Trinajstić information content (AvgIpc) is 2.53. The lowest BCUT2D eigenvalue weighted by Gasteiger charge is -2.41. The highest BCUT2D eigenvalue weighted by atomic mass is 16.2. The summed E-state index contributed by atoms with van der Waals surface area (Å²) in [5.41, 5.74) is 6.25. The van der Waals surface area contributed by atoms with Gasteiger partial charge in [0.2, 0.25) is 5.91 Å². The second-order valence-electron chi connectivity index (χ2n) is 6.29. The Balaban J connectivity index is 1.73. The van der Waals surface area contributed by atoms with E-state index in [-0.39, 0.29) is 5.91 Å². The smallest absolute Gasteiger partial charge is 0.253 e. The van der Waals surface area contributed by atoms with Crippen LogP contribution < -0.4 is 5.73 Å². The monoisotopic (exact) mass is 286 g/mol. The molecule has 0 aromatic heterocycles. The Morgan fingerprint density at radius 3 is 2.52 bits per heavy atom. The zero-order valence-corrected chi connectivity index (χ0v) is 12.3. The molecule has 1 aromatic rings. The average molecular weight is 286 g/mol. The summed E-state index contributed by atoms with van der Waals surface area (Å²) in [4.78, 5) is 25.8. The van der Waals surface area contributed by atoms with Crippen molar-refractivity contribution >= 4 is 11.8 Å². The first-order valence-corrected chi connectivity index (χ1v) is 7.84. The van der Waals surface area contributed by atoms with Crippen LogP contribution in [-0.4, -0.2) is 29.8 Å². The summed E-state index contributed by atoms with van der Waals surface area (Å²) in [6.45, 7) is 1.70. The molecule has 2 aliphatic rings. The van der Waals surface area contributed by atoms with Gasteiger partial charge in [-0.2, -0.15) is 0 Å². The Bertz CT molecular complexity index is 555. The molecular weight excluding hydrogens is 264 g/mol. The molecule has 21 heavy (non-hydrogen) atoms. The zero-order valence-electron chi connectivity index (χ0n) is 12.3. The van der Waals surface area contributed by atoms with Crippen LogP contribution in [0.5, 0.6) is 0 Å². The summed E-state index contributed by atoms with van der Waals surface area (Å²) in [7, 11) is 0. The molecule has 2 atom stereocenters. The van der Waals surface area contributed by atoms with E-state index in [9.17, 15) is 9.59 Å². The molecule has 2 amide bonds. The SMILES string of the molecule is NC(=O)c1cccc(C(=O)N2CCC3CCCCC3C2)c1. The molecule has 3 rings (SSSR count). The van der Waals surface area contributed by atoms with Gasteiger partial charge in [0.05, 0.1) is 0 Å². The molecule has 1 aliphatic heterocycles. The minimum Gasteiger partial charge on any atom is -0.366 e. The van der Waals surface area contributed by atoms with Crippen LogP contribution in [0, 0.1) is 11.8 Å². The molecule has 1 aromatic carbocycles. The third-order valence-corrected chi connectivity index (χ3v) is 4.97. The number of hydrogen-bond donors (Lipinski definition) is 1. The Morgan fingerprint density at radius 2 is 1.76 bits per heavy atom. The molecule has 4 nitrogen and oxygen atoms in total. The fourth-order valence-corrected chi connectivity index (χ4v) is 3.77. The van der Waals surface area contributed by atoms with Crippen molar-refractivity contribution in [1.82, 2.24) is 4.90 Å². The second kappa shape index (κ2) is 5.88. The highest BCUT2D eigenvalue weighted by molar-refractivity contribution is 5.99. The first kappa shape index (κ1) is 14.1. The van der Waals surface area contributed by atoms with E-state index in [0.717, 1.165) is 25.4 Å². The zero-order chi connectivity index (χ0) is 14.8. The predicted molar refractivity (Wildman–Crippen MR) is 80.9 cm³/mol. The van der Waals surface area contributed by atoms with Crippen molar-refractivity contribution in [1.29, 1.82) is 0 Å².